The van der Waals surface area contributed by atoms with E-state index >= 15 is 0 Å². The minimum absolute atomic E-state index is 0.0559. The number of hydrogen-bond acceptors (Lipinski definition) is 4. The Morgan fingerprint density at radius 2 is 1.55 bits per heavy atom. The third-order valence-electron chi connectivity index (χ3n) is 4.03. The molecule has 2 N–H and O–H groups in total. The summed E-state index contributed by atoms with van der Waals surface area (Å²) in [5.74, 6) is -0.282. The molecule has 162 valence electrons. The number of carbonyl (C=O) groups excluding carboxylic acids is 1. The van der Waals surface area contributed by atoms with Crippen LogP contribution in [0.4, 0.5) is 11.4 Å². The van der Waals surface area contributed by atoms with E-state index in [1.807, 2.05) is 0 Å². The molecule has 0 unspecified atom stereocenters. The number of benzene rings is 3. The van der Waals surface area contributed by atoms with Crippen molar-refractivity contribution in [2.75, 3.05) is 17.1 Å². The lowest BCUT2D eigenvalue weighted by Gasteiger charge is -2.14. The standard InChI is InChI=1S/C20H14Cl4N2O4S/c1-30-19-5-2-11(20(27)25-14-3-4-16(23)17(24)10-14)6-18(19)26-31(28,29)15-8-12(21)7-13(22)9-15/h2-10,26H,1H3,(H,25,27). The number of ether oxygens (including phenoxy) is 1. The molecule has 0 heterocycles. The van der Waals surface area contributed by atoms with Crippen LogP contribution in [0.5, 0.6) is 5.75 Å². The second-order valence-electron chi connectivity index (χ2n) is 6.21. The van der Waals surface area contributed by atoms with Crippen LogP contribution in [0, 0.1) is 0 Å². The molecule has 3 aromatic carbocycles. The maximum Gasteiger partial charge on any atom is 0.262 e. The van der Waals surface area contributed by atoms with E-state index < -0.39 is 15.9 Å². The van der Waals surface area contributed by atoms with Gasteiger partial charge in [0.05, 0.1) is 27.7 Å². The molecule has 3 rings (SSSR count). The SMILES string of the molecule is COc1ccc(C(=O)Nc2ccc(Cl)c(Cl)c2)cc1NS(=O)(=O)c1cc(Cl)cc(Cl)c1. The van der Waals surface area contributed by atoms with Crippen LogP contribution in [-0.4, -0.2) is 21.4 Å². The smallest absolute Gasteiger partial charge is 0.262 e. The normalized spacial score (nSPS) is 11.1. The largest absolute Gasteiger partial charge is 0.495 e. The first-order valence-corrected chi connectivity index (χ1v) is 11.5. The molecule has 0 atom stereocenters. The average Bonchev–Trinajstić information content (AvgIpc) is 2.69. The molecular formula is C20H14Cl4N2O4S. The van der Waals surface area contributed by atoms with Crippen molar-refractivity contribution in [3.05, 3.63) is 80.3 Å². The molecule has 0 saturated heterocycles. The fourth-order valence-corrected chi connectivity index (χ4v) is 4.68. The van der Waals surface area contributed by atoms with Crippen LogP contribution >= 0.6 is 46.4 Å². The average molecular weight is 520 g/mol. The minimum Gasteiger partial charge on any atom is -0.495 e. The van der Waals surface area contributed by atoms with E-state index in [0.717, 1.165) is 0 Å². The molecule has 0 fully saturated rings. The second kappa shape index (κ2) is 9.54. The number of amides is 1. The summed E-state index contributed by atoms with van der Waals surface area (Å²) in [7, 11) is -2.69. The van der Waals surface area contributed by atoms with Gasteiger partial charge in [-0.3, -0.25) is 9.52 Å². The number of halogens is 4. The highest BCUT2D eigenvalue weighted by Gasteiger charge is 2.19. The lowest BCUT2D eigenvalue weighted by molar-refractivity contribution is 0.102. The van der Waals surface area contributed by atoms with Crippen LogP contribution in [0.1, 0.15) is 10.4 Å². The maximum atomic E-state index is 12.8. The second-order valence-corrected chi connectivity index (χ2v) is 9.58. The Morgan fingerprint density at radius 3 is 2.16 bits per heavy atom. The molecule has 0 radical (unpaired) electrons. The van der Waals surface area contributed by atoms with Gasteiger partial charge in [0.2, 0.25) is 0 Å². The van der Waals surface area contributed by atoms with Crippen molar-refractivity contribution in [1.29, 1.82) is 0 Å². The zero-order valence-corrected chi connectivity index (χ0v) is 19.6. The van der Waals surface area contributed by atoms with Crippen LogP contribution in [0.3, 0.4) is 0 Å². The van der Waals surface area contributed by atoms with E-state index in [9.17, 15) is 13.2 Å². The molecule has 0 spiro atoms. The van der Waals surface area contributed by atoms with Crippen LogP contribution < -0.4 is 14.8 Å². The van der Waals surface area contributed by atoms with Crippen molar-refractivity contribution in [3.63, 3.8) is 0 Å². The van der Waals surface area contributed by atoms with Crippen LogP contribution in [0.2, 0.25) is 20.1 Å². The molecule has 0 aliphatic carbocycles. The Morgan fingerprint density at radius 1 is 0.871 bits per heavy atom. The van der Waals surface area contributed by atoms with Gasteiger partial charge in [-0.2, -0.15) is 0 Å². The quantitative estimate of drug-likeness (QED) is 0.396. The summed E-state index contributed by atoms with van der Waals surface area (Å²) in [6, 6.07) is 12.8. The molecule has 0 saturated carbocycles. The molecule has 0 bridgehead atoms. The molecule has 31 heavy (non-hydrogen) atoms. The van der Waals surface area contributed by atoms with E-state index in [0.29, 0.717) is 10.7 Å². The van der Waals surface area contributed by atoms with Crippen LogP contribution in [-0.2, 0) is 10.0 Å². The Kier molecular flexibility index (Phi) is 7.24. The summed E-state index contributed by atoms with van der Waals surface area (Å²) >= 11 is 23.7. The first kappa shape index (κ1) is 23.5. The summed E-state index contributed by atoms with van der Waals surface area (Å²) in [6.07, 6.45) is 0. The summed E-state index contributed by atoms with van der Waals surface area (Å²) in [5, 5.41) is 3.62. The van der Waals surface area contributed by atoms with Gasteiger partial charge in [-0.15, -0.1) is 0 Å². The van der Waals surface area contributed by atoms with Crippen molar-refractivity contribution >= 4 is 73.7 Å². The number of nitrogens with one attached hydrogen (secondary N) is 2. The van der Waals surface area contributed by atoms with E-state index in [1.54, 1.807) is 12.1 Å². The van der Waals surface area contributed by atoms with E-state index in [4.69, 9.17) is 51.1 Å². The first-order valence-electron chi connectivity index (χ1n) is 8.52. The zero-order valence-electron chi connectivity index (χ0n) is 15.7. The van der Waals surface area contributed by atoms with Gasteiger partial charge in [-0.05, 0) is 54.6 Å². The summed E-state index contributed by atoms with van der Waals surface area (Å²) < 4.78 is 33.2. The topological polar surface area (TPSA) is 84.5 Å². The van der Waals surface area contributed by atoms with Crippen molar-refractivity contribution in [1.82, 2.24) is 0 Å². The molecule has 11 heteroatoms. The van der Waals surface area contributed by atoms with E-state index in [2.05, 4.69) is 10.0 Å². The van der Waals surface area contributed by atoms with E-state index in [-0.39, 0.29) is 37.0 Å². The highest BCUT2D eigenvalue weighted by molar-refractivity contribution is 7.92. The highest BCUT2D eigenvalue weighted by Crippen LogP contribution is 2.31. The molecule has 0 aliphatic rings. The van der Waals surface area contributed by atoms with Crippen molar-refractivity contribution in [3.8, 4) is 5.75 Å². The fraction of sp³-hybridized carbons (Fsp3) is 0.0500. The summed E-state index contributed by atoms with van der Waals surface area (Å²) in [4.78, 5) is 12.5. The number of sulfonamides is 1. The highest BCUT2D eigenvalue weighted by atomic mass is 35.5. The molecule has 6 nitrogen and oxygen atoms in total. The lowest BCUT2D eigenvalue weighted by Crippen LogP contribution is -2.16. The minimum atomic E-state index is -4.07. The van der Waals surface area contributed by atoms with Gasteiger partial charge in [0.15, 0.2) is 0 Å². The summed E-state index contributed by atoms with van der Waals surface area (Å²) in [5.41, 5.74) is 0.653. The number of rotatable bonds is 6. The molecule has 0 aromatic heterocycles. The number of anilines is 2. The van der Waals surface area contributed by atoms with Crippen molar-refractivity contribution in [2.45, 2.75) is 4.90 Å². The van der Waals surface area contributed by atoms with Crippen molar-refractivity contribution < 1.29 is 17.9 Å². The van der Waals surface area contributed by atoms with Gasteiger partial charge in [-0.25, -0.2) is 8.42 Å². The van der Waals surface area contributed by atoms with E-state index in [1.165, 1.54) is 49.6 Å². The predicted molar refractivity (Wildman–Crippen MR) is 125 cm³/mol. The lowest BCUT2D eigenvalue weighted by atomic mass is 10.1. The Bertz CT molecular complexity index is 1250. The number of carbonyl (C=O) groups is 1. The summed E-state index contributed by atoms with van der Waals surface area (Å²) in [6.45, 7) is 0. The molecule has 0 aliphatic heterocycles. The predicted octanol–water partition coefficient (Wildman–Crippen LogP) is 6.36. The monoisotopic (exact) mass is 518 g/mol. The van der Waals surface area contributed by atoms with Gasteiger partial charge < -0.3 is 10.1 Å². The van der Waals surface area contributed by atoms with Crippen LogP contribution in [0.25, 0.3) is 0 Å². The molecule has 3 aromatic rings. The maximum absolute atomic E-state index is 12.8. The Hall–Kier alpha value is -2.16. The first-order chi connectivity index (χ1) is 14.6. The van der Waals surface area contributed by atoms with Gasteiger partial charge >= 0.3 is 0 Å². The molecular weight excluding hydrogens is 506 g/mol. The Balaban J connectivity index is 1.91. The van der Waals surface area contributed by atoms with Gasteiger partial charge in [0.25, 0.3) is 15.9 Å². The zero-order chi connectivity index (χ0) is 22.8. The number of hydrogen-bond donors (Lipinski definition) is 2. The van der Waals surface area contributed by atoms with Gasteiger partial charge in [0.1, 0.15) is 5.75 Å². The third-order valence-corrected chi connectivity index (χ3v) is 6.55. The van der Waals surface area contributed by atoms with Crippen LogP contribution in [0.15, 0.2) is 59.5 Å². The van der Waals surface area contributed by atoms with Gasteiger partial charge in [-0.1, -0.05) is 46.4 Å². The fourth-order valence-electron chi connectivity index (χ4n) is 2.59. The molecule has 1 amide bonds. The van der Waals surface area contributed by atoms with Gasteiger partial charge in [0, 0.05) is 21.3 Å². The van der Waals surface area contributed by atoms with Crippen molar-refractivity contribution in [2.24, 2.45) is 0 Å². The Labute approximate surface area is 199 Å². The number of methoxy groups -OCH3 is 1. The third kappa shape index (κ3) is 5.75.